The maximum atomic E-state index is 12.2. The summed E-state index contributed by atoms with van der Waals surface area (Å²) < 4.78 is 5.47. The zero-order chi connectivity index (χ0) is 13.0. The van der Waals surface area contributed by atoms with Gasteiger partial charge in [-0.05, 0) is 56.4 Å². The number of aliphatic hydroxyl groups is 1. The third-order valence-corrected chi connectivity index (χ3v) is 3.44. The topological polar surface area (TPSA) is 46.5 Å². The van der Waals surface area contributed by atoms with E-state index >= 15 is 0 Å². The third-order valence-electron chi connectivity index (χ3n) is 3.44. The minimum atomic E-state index is -1.13. The van der Waals surface area contributed by atoms with Gasteiger partial charge in [0.1, 0.15) is 11.4 Å². The number of benzene rings is 1. The van der Waals surface area contributed by atoms with Gasteiger partial charge in [0.2, 0.25) is 0 Å². The van der Waals surface area contributed by atoms with E-state index in [4.69, 9.17) is 4.74 Å². The van der Waals surface area contributed by atoms with Gasteiger partial charge < -0.3 is 9.84 Å². The van der Waals surface area contributed by atoms with Crippen molar-refractivity contribution >= 4 is 5.78 Å². The Morgan fingerprint density at radius 3 is 2.44 bits per heavy atom. The summed E-state index contributed by atoms with van der Waals surface area (Å²) in [5.74, 6) is 0.619. The van der Waals surface area contributed by atoms with Crippen LogP contribution in [-0.4, -0.2) is 23.1 Å². The molecular weight excluding hydrogens is 228 g/mol. The molecule has 0 saturated heterocycles. The fourth-order valence-corrected chi connectivity index (χ4v) is 2.38. The summed E-state index contributed by atoms with van der Waals surface area (Å²) >= 11 is 0. The van der Waals surface area contributed by atoms with E-state index in [1.54, 1.807) is 24.3 Å². The van der Waals surface area contributed by atoms with Crippen molar-refractivity contribution < 1.29 is 14.6 Å². The lowest BCUT2D eigenvalue weighted by molar-refractivity contribution is 0.0353. The first-order valence-corrected chi connectivity index (χ1v) is 6.66. The predicted molar refractivity (Wildman–Crippen MR) is 70.0 cm³/mol. The molecule has 0 unspecified atom stereocenters. The predicted octanol–water partition coefficient (Wildman–Crippen LogP) is 2.96. The Balaban J connectivity index is 2.07. The monoisotopic (exact) mass is 248 g/mol. The molecule has 0 bridgehead atoms. The normalized spacial score (nSPS) is 17.7. The van der Waals surface area contributed by atoms with Crippen molar-refractivity contribution in [2.75, 3.05) is 6.61 Å². The first-order chi connectivity index (χ1) is 8.65. The quantitative estimate of drug-likeness (QED) is 0.815. The Hall–Kier alpha value is -1.35. The minimum absolute atomic E-state index is 0.151. The summed E-state index contributed by atoms with van der Waals surface area (Å²) in [7, 11) is 0. The number of hydrogen-bond acceptors (Lipinski definition) is 3. The van der Waals surface area contributed by atoms with Crippen LogP contribution >= 0.6 is 0 Å². The molecule has 1 aliphatic rings. The summed E-state index contributed by atoms with van der Waals surface area (Å²) in [6.45, 7) is 2.73. The van der Waals surface area contributed by atoms with Crippen molar-refractivity contribution in [3.8, 4) is 5.75 Å². The molecule has 98 valence electrons. The van der Waals surface area contributed by atoms with Crippen LogP contribution < -0.4 is 4.74 Å². The lowest BCUT2D eigenvalue weighted by Gasteiger charge is -2.20. The van der Waals surface area contributed by atoms with Gasteiger partial charge in [-0.15, -0.1) is 0 Å². The molecular formula is C15H20O3. The molecule has 0 atom stereocenters. The summed E-state index contributed by atoms with van der Waals surface area (Å²) in [4.78, 5) is 12.2. The fourth-order valence-electron chi connectivity index (χ4n) is 2.38. The molecule has 1 N–H and O–H groups in total. The molecule has 1 saturated carbocycles. The highest BCUT2D eigenvalue weighted by molar-refractivity contribution is 6.02. The van der Waals surface area contributed by atoms with Gasteiger partial charge in [0.25, 0.3) is 0 Å². The van der Waals surface area contributed by atoms with Crippen molar-refractivity contribution in [3.05, 3.63) is 29.8 Å². The van der Waals surface area contributed by atoms with Crippen LogP contribution in [0.2, 0.25) is 0 Å². The van der Waals surface area contributed by atoms with E-state index in [0.717, 1.165) is 25.0 Å². The van der Waals surface area contributed by atoms with Crippen LogP contribution in [0.4, 0.5) is 0 Å². The Kier molecular flexibility index (Phi) is 4.02. The number of carbonyl (C=O) groups is 1. The summed E-state index contributed by atoms with van der Waals surface area (Å²) in [6, 6.07) is 7.07. The van der Waals surface area contributed by atoms with Crippen LogP contribution in [0, 0.1) is 0 Å². The number of ketones is 1. The summed E-state index contributed by atoms with van der Waals surface area (Å²) in [5.41, 5.74) is -0.561. The molecule has 0 radical (unpaired) electrons. The molecule has 1 aromatic rings. The second-order valence-electron chi connectivity index (χ2n) is 4.94. The van der Waals surface area contributed by atoms with Crippen molar-refractivity contribution in [1.82, 2.24) is 0 Å². The molecule has 0 spiro atoms. The number of rotatable bonds is 5. The number of carbonyl (C=O) groups excluding carboxylic acids is 1. The highest BCUT2D eigenvalue weighted by atomic mass is 16.5. The van der Waals surface area contributed by atoms with Gasteiger partial charge >= 0.3 is 0 Å². The van der Waals surface area contributed by atoms with Gasteiger partial charge in [0, 0.05) is 5.56 Å². The highest BCUT2D eigenvalue weighted by Gasteiger charge is 2.39. The fraction of sp³-hybridized carbons (Fsp3) is 0.533. The van der Waals surface area contributed by atoms with E-state index < -0.39 is 5.60 Å². The standard InChI is InChI=1S/C15H20O3/c1-2-11-18-13-7-5-12(6-8-13)14(16)15(17)9-3-4-10-15/h5-8,17H,2-4,9-11H2,1H3. The zero-order valence-corrected chi connectivity index (χ0v) is 10.8. The Morgan fingerprint density at radius 2 is 1.89 bits per heavy atom. The second kappa shape index (κ2) is 5.53. The maximum absolute atomic E-state index is 12.2. The van der Waals surface area contributed by atoms with Crippen molar-refractivity contribution in [2.24, 2.45) is 0 Å². The molecule has 1 aromatic carbocycles. The van der Waals surface area contributed by atoms with Crippen LogP contribution in [0.25, 0.3) is 0 Å². The summed E-state index contributed by atoms with van der Waals surface area (Å²) in [6.07, 6.45) is 3.99. The molecule has 0 amide bonds. The highest BCUT2D eigenvalue weighted by Crippen LogP contribution is 2.32. The molecule has 3 nitrogen and oxygen atoms in total. The van der Waals surface area contributed by atoms with E-state index in [9.17, 15) is 9.90 Å². The van der Waals surface area contributed by atoms with Crippen LogP contribution in [0.5, 0.6) is 5.75 Å². The van der Waals surface area contributed by atoms with Crippen LogP contribution in [-0.2, 0) is 0 Å². The van der Waals surface area contributed by atoms with E-state index in [1.165, 1.54) is 0 Å². The van der Waals surface area contributed by atoms with E-state index in [0.29, 0.717) is 25.0 Å². The first kappa shape index (κ1) is 13.1. The maximum Gasteiger partial charge on any atom is 0.194 e. The molecule has 1 aliphatic carbocycles. The van der Waals surface area contributed by atoms with E-state index in [1.807, 2.05) is 6.92 Å². The van der Waals surface area contributed by atoms with Gasteiger partial charge in [-0.2, -0.15) is 0 Å². The molecule has 2 rings (SSSR count). The van der Waals surface area contributed by atoms with Crippen LogP contribution in [0.3, 0.4) is 0 Å². The lowest BCUT2D eigenvalue weighted by atomic mass is 9.91. The number of ether oxygens (including phenoxy) is 1. The SMILES string of the molecule is CCCOc1ccc(C(=O)C2(O)CCCC2)cc1. The van der Waals surface area contributed by atoms with E-state index in [2.05, 4.69) is 0 Å². The smallest absolute Gasteiger partial charge is 0.194 e. The summed E-state index contributed by atoms with van der Waals surface area (Å²) in [5, 5.41) is 10.2. The number of Topliss-reactive ketones (excluding diaryl/α,β-unsaturated/α-hetero) is 1. The molecule has 1 fully saturated rings. The van der Waals surface area contributed by atoms with E-state index in [-0.39, 0.29) is 5.78 Å². The van der Waals surface area contributed by atoms with Gasteiger partial charge in [-0.3, -0.25) is 4.79 Å². The molecule has 0 aromatic heterocycles. The molecule has 18 heavy (non-hydrogen) atoms. The average Bonchev–Trinajstić information content (AvgIpc) is 2.84. The molecule has 0 aliphatic heterocycles. The van der Waals surface area contributed by atoms with Crippen molar-refractivity contribution in [3.63, 3.8) is 0 Å². The van der Waals surface area contributed by atoms with Gasteiger partial charge in [-0.25, -0.2) is 0 Å². The zero-order valence-electron chi connectivity index (χ0n) is 10.8. The Labute approximate surface area is 108 Å². The molecule has 0 heterocycles. The van der Waals surface area contributed by atoms with Gasteiger partial charge in [0.05, 0.1) is 6.61 Å². The molecule has 3 heteroatoms. The van der Waals surface area contributed by atoms with Crippen LogP contribution in [0.1, 0.15) is 49.4 Å². The Morgan fingerprint density at radius 1 is 1.28 bits per heavy atom. The average molecular weight is 248 g/mol. The second-order valence-corrected chi connectivity index (χ2v) is 4.94. The van der Waals surface area contributed by atoms with Crippen molar-refractivity contribution in [2.45, 2.75) is 44.6 Å². The van der Waals surface area contributed by atoms with Gasteiger partial charge in [0.15, 0.2) is 5.78 Å². The largest absolute Gasteiger partial charge is 0.494 e. The first-order valence-electron chi connectivity index (χ1n) is 6.66. The lowest BCUT2D eigenvalue weighted by Crippen LogP contribution is -2.35. The van der Waals surface area contributed by atoms with Crippen LogP contribution in [0.15, 0.2) is 24.3 Å². The van der Waals surface area contributed by atoms with Gasteiger partial charge in [-0.1, -0.05) is 6.92 Å². The minimum Gasteiger partial charge on any atom is -0.494 e. The van der Waals surface area contributed by atoms with Crippen molar-refractivity contribution in [1.29, 1.82) is 0 Å². The number of hydrogen-bond donors (Lipinski definition) is 1. The third kappa shape index (κ3) is 2.72. The Bertz CT molecular complexity index is 402.